The molecule has 0 saturated carbocycles. The Hall–Kier alpha value is -1.50. The number of carbonyl (C=O) groups excluding carboxylic acids is 2. The minimum atomic E-state index is -1.07. The summed E-state index contributed by atoms with van der Waals surface area (Å²) in [5.41, 5.74) is -2.21. The molecular formula is C17H32N2O5. The third-order valence-corrected chi connectivity index (χ3v) is 3.82. The van der Waals surface area contributed by atoms with Crippen LogP contribution in [0.2, 0.25) is 0 Å². The van der Waals surface area contributed by atoms with Crippen molar-refractivity contribution in [1.82, 2.24) is 10.2 Å². The summed E-state index contributed by atoms with van der Waals surface area (Å²) in [6.07, 6.45) is -0.206. The summed E-state index contributed by atoms with van der Waals surface area (Å²) in [7, 11) is 0. The van der Waals surface area contributed by atoms with Gasteiger partial charge in [-0.05, 0) is 61.3 Å². The average Bonchev–Trinajstić information content (AvgIpc) is 2.34. The van der Waals surface area contributed by atoms with Gasteiger partial charge in [0.2, 0.25) is 0 Å². The molecule has 140 valence electrons. The Labute approximate surface area is 144 Å². The fourth-order valence-electron chi connectivity index (χ4n) is 2.45. The number of nitrogens with zero attached hydrogens (tertiary/aromatic N) is 1. The van der Waals surface area contributed by atoms with E-state index in [0.29, 0.717) is 25.9 Å². The van der Waals surface area contributed by atoms with Crippen molar-refractivity contribution in [2.24, 2.45) is 0 Å². The Bertz CT molecular complexity index is 457. The molecule has 1 unspecified atom stereocenters. The van der Waals surface area contributed by atoms with Crippen LogP contribution >= 0.6 is 0 Å². The monoisotopic (exact) mass is 344 g/mol. The number of amides is 2. The lowest BCUT2D eigenvalue weighted by Gasteiger charge is -2.42. The zero-order valence-electron chi connectivity index (χ0n) is 15.9. The average molecular weight is 344 g/mol. The fraction of sp³-hybridized carbons (Fsp3) is 0.882. The van der Waals surface area contributed by atoms with E-state index in [9.17, 15) is 14.7 Å². The highest BCUT2D eigenvalue weighted by Gasteiger charge is 2.40. The fourth-order valence-corrected chi connectivity index (χ4v) is 2.45. The van der Waals surface area contributed by atoms with Crippen LogP contribution in [0.25, 0.3) is 0 Å². The van der Waals surface area contributed by atoms with Gasteiger partial charge in [0.15, 0.2) is 0 Å². The molecule has 0 bridgehead atoms. The third-order valence-electron chi connectivity index (χ3n) is 3.82. The largest absolute Gasteiger partial charge is 0.444 e. The highest BCUT2D eigenvalue weighted by molar-refractivity contribution is 5.69. The Morgan fingerprint density at radius 2 is 1.50 bits per heavy atom. The number of rotatable bonds is 2. The van der Waals surface area contributed by atoms with Crippen LogP contribution in [-0.2, 0) is 9.47 Å². The lowest BCUT2D eigenvalue weighted by atomic mass is 9.85. The van der Waals surface area contributed by atoms with Gasteiger partial charge in [0.25, 0.3) is 0 Å². The first kappa shape index (κ1) is 20.5. The maximum absolute atomic E-state index is 12.1. The van der Waals surface area contributed by atoms with Crippen LogP contribution in [0.15, 0.2) is 0 Å². The quantitative estimate of drug-likeness (QED) is 0.804. The highest BCUT2D eigenvalue weighted by Crippen LogP contribution is 2.27. The first-order chi connectivity index (χ1) is 10.7. The summed E-state index contributed by atoms with van der Waals surface area (Å²) in [4.78, 5) is 25.5. The molecule has 1 aliphatic heterocycles. The van der Waals surface area contributed by atoms with Crippen LogP contribution in [0.4, 0.5) is 9.59 Å². The van der Waals surface area contributed by atoms with Crippen molar-refractivity contribution in [2.75, 3.05) is 13.1 Å². The molecule has 1 aliphatic rings. The summed E-state index contributed by atoms with van der Waals surface area (Å²) in [5.74, 6) is 0. The van der Waals surface area contributed by atoms with E-state index < -0.39 is 28.9 Å². The number of hydrogen-bond donors (Lipinski definition) is 2. The second-order valence-corrected chi connectivity index (χ2v) is 8.44. The molecule has 2 amide bonds. The topological polar surface area (TPSA) is 88.1 Å². The van der Waals surface area contributed by atoms with Crippen molar-refractivity contribution in [3.63, 3.8) is 0 Å². The van der Waals surface area contributed by atoms with E-state index in [0.717, 1.165) is 0 Å². The van der Waals surface area contributed by atoms with Gasteiger partial charge in [0, 0.05) is 13.1 Å². The predicted molar refractivity (Wildman–Crippen MR) is 90.8 cm³/mol. The molecule has 7 heteroatoms. The number of hydrogen-bond acceptors (Lipinski definition) is 5. The van der Waals surface area contributed by atoms with Crippen molar-refractivity contribution in [2.45, 2.75) is 84.2 Å². The minimum absolute atomic E-state index is 0.364. The third kappa shape index (κ3) is 6.55. The zero-order valence-corrected chi connectivity index (χ0v) is 15.9. The number of alkyl carbamates (subject to hydrolysis) is 1. The molecule has 0 aromatic carbocycles. The van der Waals surface area contributed by atoms with Crippen molar-refractivity contribution >= 4 is 12.2 Å². The Kier molecular flexibility index (Phi) is 6.14. The molecule has 0 aromatic rings. The van der Waals surface area contributed by atoms with E-state index in [4.69, 9.17) is 9.47 Å². The molecule has 0 radical (unpaired) electrons. The molecule has 1 saturated heterocycles. The zero-order chi connectivity index (χ0) is 18.8. The van der Waals surface area contributed by atoms with Crippen LogP contribution in [0.5, 0.6) is 0 Å². The maximum atomic E-state index is 12.1. The van der Waals surface area contributed by atoms with Crippen molar-refractivity contribution < 1.29 is 24.2 Å². The normalized spacial score (nSPS) is 19.4. The van der Waals surface area contributed by atoms with Gasteiger partial charge in [0.05, 0.1) is 11.6 Å². The standard InChI is InChI=1S/C17H32N2O5/c1-12(18-13(20)23-15(2,3)4)17(22)8-10-19(11-9-17)14(21)24-16(5,6)7/h12,22H,8-11H2,1-7H3,(H,18,20). The lowest BCUT2D eigenvalue weighted by molar-refractivity contribution is -0.0524. The molecule has 0 aromatic heterocycles. The second-order valence-electron chi connectivity index (χ2n) is 8.44. The van der Waals surface area contributed by atoms with Crippen LogP contribution in [0.1, 0.15) is 61.3 Å². The van der Waals surface area contributed by atoms with Crippen molar-refractivity contribution in [1.29, 1.82) is 0 Å². The number of carbonyl (C=O) groups is 2. The molecule has 0 spiro atoms. The van der Waals surface area contributed by atoms with Gasteiger partial charge in [-0.15, -0.1) is 0 Å². The Balaban J connectivity index is 2.54. The number of likely N-dealkylation sites (tertiary alicyclic amines) is 1. The van der Waals surface area contributed by atoms with Gasteiger partial charge in [0.1, 0.15) is 11.2 Å². The van der Waals surface area contributed by atoms with Gasteiger partial charge >= 0.3 is 12.2 Å². The van der Waals surface area contributed by atoms with E-state index in [-0.39, 0.29) is 6.09 Å². The summed E-state index contributed by atoms with van der Waals surface area (Å²) in [5, 5.41) is 13.5. The summed E-state index contributed by atoms with van der Waals surface area (Å²) in [6, 6.07) is -0.479. The number of ether oxygens (including phenoxy) is 2. The Morgan fingerprint density at radius 3 is 1.92 bits per heavy atom. The van der Waals surface area contributed by atoms with Gasteiger partial charge in [-0.2, -0.15) is 0 Å². The summed E-state index contributed by atoms with van der Waals surface area (Å²) in [6.45, 7) is 13.3. The predicted octanol–water partition coefficient (Wildman–Crippen LogP) is 2.66. The van der Waals surface area contributed by atoms with Gasteiger partial charge in [-0.1, -0.05) is 0 Å². The summed E-state index contributed by atoms with van der Waals surface area (Å²) < 4.78 is 10.6. The molecule has 1 fully saturated rings. The van der Waals surface area contributed by atoms with Crippen LogP contribution < -0.4 is 5.32 Å². The van der Waals surface area contributed by atoms with Gasteiger partial charge in [-0.3, -0.25) is 0 Å². The van der Waals surface area contributed by atoms with E-state index >= 15 is 0 Å². The molecule has 24 heavy (non-hydrogen) atoms. The SMILES string of the molecule is CC(NC(=O)OC(C)(C)C)C1(O)CCN(C(=O)OC(C)(C)C)CC1. The van der Waals surface area contributed by atoms with Crippen molar-refractivity contribution in [3.05, 3.63) is 0 Å². The minimum Gasteiger partial charge on any atom is -0.444 e. The van der Waals surface area contributed by atoms with E-state index in [1.807, 2.05) is 20.8 Å². The molecule has 2 N–H and O–H groups in total. The molecule has 7 nitrogen and oxygen atoms in total. The highest BCUT2D eigenvalue weighted by atomic mass is 16.6. The number of nitrogens with one attached hydrogen (secondary N) is 1. The lowest BCUT2D eigenvalue weighted by Crippen LogP contribution is -2.57. The van der Waals surface area contributed by atoms with Gasteiger partial charge in [-0.25, -0.2) is 9.59 Å². The summed E-state index contributed by atoms with van der Waals surface area (Å²) >= 11 is 0. The van der Waals surface area contributed by atoms with E-state index in [2.05, 4.69) is 5.32 Å². The maximum Gasteiger partial charge on any atom is 0.410 e. The molecule has 1 heterocycles. The first-order valence-corrected chi connectivity index (χ1v) is 8.42. The Morgan fingerprint density at radius 1 is 1.04 bits per heavy atom. The molecule has 1 atom stereocenters. The van der Waals surface area contributed by atoms with Gasteiger partial charge < -0.3 is 24.8 Å². The first-order valence-electron chi connectivity index (χ1n) is 8.42. The molecule has 1 rings (SSSR count). The van der Waals surface area contributed by atoms with Crippen molar-refractivity contribution in [3.8, 4) is 0 Å². The van der Waals surface area contributed by atoms with E-state index in [1.165, 1.54) is 0 Å². The van der Waals surface area contributed by atoms with Crippen LogP contribution in [0, 0.1) is 0 Å². The van der Waals surface area contributed by atoms with Crippen LogP contribution in [-0.4, -0.2) is 58.1 Å². The molecule has 0 aliphatic carbocycles. The smallest absolute Gasteiger partial charge is 0.410 e. The second kappa shape index (κ2) is 7.17. The molecular weight excluding hydrogens is 312 g/mol. The van der Waals surface area contributed by atoms with E-state index in [1.54, 1.807) is 32.6 Å². The van der Waals surface area contributed by atoms with Crippen LogP contribution in [0.3, 0.4) is 0 Å². The number of piperidine rings is 1. The number of aliphatic hydroxyl groups is 1.